The van der Waals surface area contributed by atoms with E-state index < -0.39 is 11.9 Å². The van der Waals surface area contributed by atoms with Crippen LogP contribution in [0.4, 0.5) is 4.39 Å². The van der Waals surface area contributed by atoms with E-state index in [0.717, 1.165) is 5.56 Å². The molecule has 2 aromatic rings. The lowest BCUT2D eigenvalue weighted by atomic mass is 9.97. The molecular formula is C17H17FO3. The zero-order valence-electron chi connectivity index (χ0n) is 11.8. The third-order valence-electron chi connectivity index (χ3n) is 3.27. The van der Waals surface area contributed by atoms with Crippen molar-refractivity contribution in [3.8, 4) is 11.1 Å². The minimum atomic E-state index is -0.573. The molecule has 0 heterocycles. The van der Waals surface area contributed by atoms with Crippen LogP contribution in [-0.2, 0) is 9.53 Å². The quantitative estimate of drug-likeness (QED) is 0.860. The number of aliphatic hydroxyl groups is 1. The maximum atomic E-state index is 14.2. The van der Waals surface area contributed by atoms with Gasteiger partial charge >= 0.3 is 5.97 Å². The lowest BCUT2D eigenvalue weighted by molar-refractivity contribution is -0.146. The van der Waals surface area contributed by atoms with E-state index in [9.17, 15) is 9.18 Å². The highest BCUT2D eigenvalue weighted by Crippen LogP contribution is 2.26. The summed E-state index contributed by atoms with van der Waals surface area (Å²) in [5.74, 6) is -1.42. The summed E-state index contributed by atoms with van der Waals surface area (Å²) in [6.45, 7) is 1.38. The summed E-state index contributed by atoms with van der Waals surface area (Å²) in [7, 11) is 0. The van der Waals surface area contributed by atoms with Gasteiger partial charge in [-0.05, 0) is 24.1 Å². The first kappa shape index (κ1) is 15.2. The standard InChI is InChI=1S/C17H17FO3/c1-12(17(20)21-10-9-19)14-7-8-15(16(18)11-14)13-5-3-2-4-6-13/h2-8,11-12,19H,9-10H2,1H3. The average molecular weight is 288 g/mol. The molecule has 0 fully saturated rings. The normalized spacial score (nSPS) is 12.0. The second-order valence-corrected chi connectivity index (χ2v) is 4.72. The van der Waals surface area contributed by atoms with Crippen LogP contribution in [0.15, 0.2) is 48.5 Å². The number of carbonyl (C=O) groups is 1. The van der Waals surface area contributed by atoms with Crippen LogP contribution in [0.3, 0.4) is 0 Å². The van der Waals surface area contributed by atoms with E-state index >= 15 is 0 Å². The van der Waals surface area contributed by atoms with Crippen molar-refractivity contribution >= 4 is 5.97 Å². The molecule has 0 radical (unpaired) electrons. The molecule has 0 aliphatic heterocycles. The maximum absolute atomic E-state index is 14.2. The van der Waals surface area contributed by atoms with Gasteiger partial charge in [0, 0.05) is 5.56 Å². The molecule has 3 nitrogen and oxygen atoms in total. The number of rotatable bonds is 5. The van der Waals surface area contributed by atoms with Crippen LogP contribution in [-0.4, -0.2) is 24.3 Å². The van der Waals surface area contributed by atoms with Gasteiger partial charge in [0.2, 0.25) is 0 Å². The highest BCUT2D eigenvalue weighted by molar-refractivity contribution is 5.78. The molecule has 0 saturated heterocycles. The average Bonchev–Trinajstić information content (AvgIpc) is 2.52. The Morgan fingerprint density at radius 3 is 2.57 bits per heavy atom. The largest absolute Gasteiger partial charge is 0.463 e. The van der Waals surface area contributed by atoms with E-state index in [4.69, 9.17) is 9.84 Å². The van der Waals surface area contributed by atoms with Crippen LogP contribution in [0.25, 0.3) is 11.1 Å². The smallest absolute Gasteiger partial charge is 0.313 e. The number of ether oxygens (including phenoxy) is 1. The minimum Gasteiger partial charge on any atom is -0.463 e. The van der Waals surface area contributed by atoms with Gasteiger partial charge < -0.3 is 9.84 Å². The lowest BCUT2D eigenvalue weighted by Crippen LogP contribution is -2.15. The lowest BCUT2D eigenvalue weighted by Gasteiger charge is -2.12. The third-order valence-corrected chi connectivity index (χ3v) is 3.27. The minimum absolute atomic E-state index is 0.0479. The van der Waals surface area contributed by atoms with Gasteiger partial charge in [0.05, 0.1) is 12.5 Å². The summed E-state index contributed by atoms with van der Waals surface area (Å²) in [4.78, 5) is 11.7. The summed E-state index contributed by atoms with van der Waals surface area (Å²) in [5, 5.41) is 8.64. The molecule has 0 aliphatic carbocycles. The Kier molecular flexibility index (Phi) is 5.06. The molecule has 1 N–H and O–H groups in total. The molecule has 1 atom stereocenters. The van der Waals surface area contributed by atoms with Gasteiger partial charge in [-0.1, -0.05) is 42.5 Å². The molecule has 0 saturated carbocycles. The Morgan fingerprint density at radius 1 is 1.24 bits per heavy atom. The zero-order valence-corrected chi connectivity index (χ0v) is 11.8. The fourth-order valence-corrected chi connectivity index (χ4v) is 2.06. The van der Waals surface area contributed by atoms with Crippen LogP contribution in [0.5, 0.6) is 0 Å². The van der Waals surface area contributed by atoms with Crippen LogP contribution in [0.1, 0.15) is 18.4 Å². The predicted octanol–water partition coefficient (Wildman–Crippen LogP) is 3.13. The number of carbonyl (C=O) groups excluding carboxylic acids is 1. The molecule has 0 spiro atoms. The molecule has 4 heteroatoms. The van der Waals surface area contributed by atoms with E-state index in [0.29, 0.717) is 11.1 Å². The maximum Gasteiger partial charge on any atom is 0.313 e. The van der Waals surface area contributed by atoms with Crippen molar-refractivity contribution in [3.63, 3.8) is 0 Å². The van der Waals surface area contributed by atoms with E-state index in [-0.39, 0.29) is 19.0 Å². The second-order valence-electron chi connectivity index (χ2n) is 4.72. The van der Waals surface area contributed by atoms with Gasteiger partial charge in [-0.3, -0.25) is 4.79 Å². The summed E-state index contributed by atoms with van der Waals surface area (Å²) in [6.07, 6.45) is 0. The van der Waals surface area contributed by atoms with Gasteiger partial charge in [-0.2, -0.15) is 0 Å². The fraction of sp³-hybridized carbons (Fsp3) is 0.235. The van der Waals surface area contributed by atoms with Crippen molar-refractivity contribution in [1.29, 1.82) is 0 Å². The summed E-state index contributed by atoms with van der Waals surface area (Å²) < 4.78 is 19.1. The number of esters is 1. The highest BCUT2D eigenvalue weighted by Gasteiger charge is 2.18. The Bertz CT molecular complexity index is 611. The molecule has 1 unspecified atom stereocenters. The fourth-order valence-electron chi connectivity index (χ4n) is 2.06. The third kappa shape index (κ3) is 3.67. The van der Waals surface area contributed by atoms with E-state index in [1.165, 1.54) is 6.07 Å². The van der Waals surface area contributed by atoms with Crippen molar-refractivity contribution in [2.75, 3.05) is 13.2 Å². The number of hydrogen-bond acceptors (Lipinski definition) is 3. The van der Waals surface area contributed by atoms with E-state index in [1.54, 1.807) is 19.1 Å². The molecular weight excluding hydrogens is 271 g/mol. The van der Waals surface area contributed by atoms with Gasteiger partial charge in [-0.25, -0.2) is 4.39 Å². The van der Waals surface area contributed by atoms with E-state index in [1.807, 2.05) is 30.3 Å². The first-order chi connectivity index (χ1) is 10.1. The monoisotopic (exact) mass is 288 g/mol. The molecule has 0 aromatic heterocycles. The Labute approximate surface area is 123 Å². The van der Waals surface area contributed by atoms with Crippen LogP contribution in [0.2, 0.25) is 0 Å². The van der Waals surface area contributed by atoms with Crippen molar-refractivity contribution in [3.05, 3.63) is 59.9 Å². The van der Waals surface area contributed by atoms with Crippen LogP contribution < -0.4 is 0 Å². The van der Waals surface area contributed by atoms with Crippen molar-refractivity contribution in [2.24, 2.45) is 0 Å². The topological polar surface area (TPSA) is 46.5 Å². The highest BCUT2D eigenvalue weighted by atomic mass is 19.1. The van der Waals surface area contributed by atoms with Crippen LogP contribution in [0, 0.1) is 5.82 Å². The van der Waals surface area contributed by atoms with Gasteiger partial charge in [0.15, 0.2) is 0 Å². The van der Waals surface area contributed by atoms with E-state index in [2.05, 4.69) is 0 Å². The number of halogens is 1. The van der Waals surface area contributed by atoms with Gasteiger partial charge in [0.1, 0.15) is 12.4 Å². The molecule has 0 aliphatic rings. The first-order valence-corrected chi connectivity index (χ1v) is 6.76. The van der Waals surface area contributed by atoms with Crippen LogP contribution >= 0.6 is 0 Å². The summed E-state index contributed by atoms with van der Waals surface area (Å²) in [5.41, 5.74) is 1.84. The van der Waals surface area contributed by atoms with Crippen molar-refractivity contribution < 1.29 is 19.0 Å². The molecule has 2 rings (SSSR count). The van der Waals surface area contributed by atoms with Gasteiger partial charge in [-0.15, -0.1) is 0 Å². The summed E-state index contributed by atoms with van der Waals surface area (Å²) in [6, 6.07) is 14.0. The zero-order chi connectivity index (χ0) is 15.2. The SMILES string of the molecule is CC(C(=O)OCCO)c1ccc(-c2ccccc2)c(F)c1. The predicted molar refractivity (Wildman–Crippen MR) is 78.3 cm³/mol. The number of benzene rings is 2. The number of aliphatic hydroxyl groups excluding tert-OH is 1. The molecule has 110 valence electrons. The van der Waals surface area contributed by atoms with Crippen molar-refractivity contribution in [1.82, 2.24) is 0 Å². The molecule has 2 aromatic carbocycles. The Morgan fingerprint density at radius 2 is 1.95 bits per heavy atom. The second kappa shape index (κ2) is 6.99. The first-order valence-electron chi connectivity index (χ1n) is 6.76. The molecule has 0 amide bonds. The number of hydrogen-bond donors (Lipinski definition) is 1. The molecule has 0 bridgehead atoms. The van der Waals surface area contributed by atoms with Crippen molar-refractivity contribution in [2.45, 2.75) is 12.8 Å². The Hall–Kier alpha value is -2.20. The molecule has 21 heavy (non-hydrogen) atoms. The van der Waals surface area contributed by atoms with Gasteiger partial charge in [0.25, 0.3) is 0 Å². The summed E-state index contributed by atoms with van der Waals surface area (Å²) >= 11 is 0. The Balaban J connectivity index is 2.21.